The molecule has 0 spiro atoms. The van der Waals surface area contributed by atoms with Gasteiger partial charge in [-0.15, -0.1) is 0 Å². The molecule has 0 bridgehead atoms. The van der Waals surface area contributed by atoms with E-state index in [4.69, 9.17) is 42.6 Å². The second kappa shape index (κ2) is 7.19. The van der Waals surface area contributed by atoms with Crippen LogP contribution in [0.5, 0.6) is 0 Å². The molecule has 0 amide bonds. The molecule has 0 aromatic rings. The van der Waals surface area contributed by atoms with Gasteiger partial charge in [-0.3, -0.25) is 0 Å². The van der Waals surface area contributed by atoms with Gasteiger partial charge in [-0.05, 0) is 47.6 Å². The van der Waals surface area contributed by atoms with E-state index in [1.54, 1.807) is 0 Å². The first kappa shape index (κ1) is 21.2. The lowest BCUT2D eigenvalue weighted by molar-refractivity contribution is -0.326. The van der Waals surface area contributed by atoms with Crippen molar-refractivity contribution in [3.8, 4) is 0 Å². The van der Waals surface area contributed by atoms with Crippen molar-refractivity contribution in [2.45, 2.75) is 108 Å². The minimum atomic E-state index is -0.751. The van der Waals surface area contributed by atoms with Crippen LogP contribution < -0.4 is 0 Å². The molecular weight excluding hydrogens is 396 g/mol. The maximum absolute atomic E-state index is 6.37. The van der Waals surface area contributed by atoms with Gasteiger partial charge >= 0.3 is 0 Å². The number of rotatable bonds is 3. The second-order valence-electron chi connectivity index (χ2n) is 9.76. The molecule has 5 rings (SSSR count). The van der Waals surface area contributed by atoms with E-state index in [1.165, 1.54) is 0 Å². The smallest absolute Gasteiger partial charge is 0.190 e. The van der Waals surface area contributed by atoms with Crippen molar-refractivity contribution in [1.82, 2.24) is 0 Å². The number of hydrogen-bond acceptors (Lipinski definition) is 9. The largest absolute Gasteiger partial charge is 0.348 e. The van der Waals surface area contributed by atoms with Crippen molar-refractivity contribution in [3.05, 3.63) is 12.2 Å². The summed E-state index contributed by atoms with van der Waals surface area (Å²) >= 11 is 0. The normalized spacial score (nSPS) is 48.5. The van der Waals surface area contributed by atoms with E-state index in [2.05, 4.69) is 0 Å². The minimum absolute atomic E-state index is 0.172. The average Bonchev–Trinajstić information content (AvgIpc) is 3.24. The molecular formula is C21H32O9. The first-order valence-corrected chi connectivity index (χ1v) is 10.6. The minimum Gasteiger partial charge on any atom is -0.348 e. The molecule has 9 heteroatoms. The lowest BCUT2D eigenvalue weighted by atomic mass is 10.1. The zero-order valence-electron chi connectivity index (χ0n) is 18.4. The number of ether oxygens (including phenoxy) is 9. The van der Waals surface area contributed by atoms with Gasteiger partial charge in [0.05, 0.1) is 13.2 Å². The van der Waals surface area contributed by atoms with Crippen molar-refractivity contribution >= 4 is 0 Å². The highest BCUT2D eigenvalue weighted by atomic mass is 16.9. The Morgan fingerprint density at radius 3 is 2.13 bits per heavy atom. The van der Waals surface area contributed by atoms with Crippen LogP contribution in [0.15, 0.2) is 12.2 Å². The Morgan fingerprint density at radius 2 is 1.40 bits per heavy atom. The Labute approximate surface area is 176 Å². The average molecular weight is 428 g/mol. The van der Waals surface area contributed by atoms with Crippen LogP contribution in [0.3, 0.4) is 0 Å². The Bertz CT molecular complexity index is 690. The van der Waals surface area contributed by atoms with E-state index in [1.807, 2.05) is 53.7 Å². The topological polar surface area (TPSA) is 83.1 Å². The molecule has 0 aromatic carbocycles. The van der Waals surface area contributed by atoms with Gasteiger partial charge in [-0.1, -0.05) is 6.08 Å². The van der Waals surface area contributed by atoms with Crippen molar-refractivity contribution in [3.63, 3.8) is 0 Å². The fourth-order valence-electron chi connectivity index (χ4n) is 4.58. The molecule has 4 saturated heterocycles. The monoisotopic (exact) mass is 428 g/mol. The fraction of sp³-hybridized carbons (Fsp3) is 0.905. The highest BCUT2D eigenvalue weighted by molar-refractivity contribution is 5.05. The van der Waals surface area contributed by atoms with Crippen LogP contribution in [0, 0.1) is 0 Å². The zero-order chi connectivity index (χ0) is 21.3. The standard InChI is InChI=1S/C21H32O9/c1-19(2)22-9-12-11(27-19)7-8-14(24-12)25-16-15(13-10-23-20(3,4)28-13)26-18-17(16)29-21(5,6)30-18/h7-8,11-18H,9-10H2,1-6H3/t11-,12+,13+,14+,15+,16-,17+,18+/m0/s1. The maximum Gasteiger partial charge on any atom is 0.190 e. The molecule has 5 aliphatic heterocycles. The Kier molecular flexibility index (Phi) is 5.09. The molecule has 0 saturated carbocycles. The first-order chi connectivity index (χ1) is 14.0. The van der Waals surface area contributed by atoms with Crippen LogP contribution >= 0.6 is 0 Å². The van der Waals surface area contributed by atoms with E-state index < -0.39 is 48.3 Å². The summed E-state index contributed by atoms with van der Waals surface area (Å²) in [5, 5.41) is 0. The first-order valence-electron chi connectivity index (χ1n) is 10.6. The zero-order valence-corrected chi connectivity index (χ0v) is 18.4. The van der Waals surface area contributed by atoms with Crippen LogP contribution in [0.1, 0.15) is 41.5 Å². The van der Waals surface area contributed by atoms with Crippen LogP contribution in [-0.4, -0.2) is 79.8 Å². The van der Waals surface area contributed by atoms with Crippen molar-refractivity contribution in [2.24, 2.45) is 0 Å². The predicted octanol–water partition coefficient (Wildman–Crippen LogP) is 1.83. The third-order valence-corrected chi connectivity index (χ3v) is 5.86. The van der Waals surface area contributed by atoms with Crippen molar-refractivity contribution in [2.75, 3.05) is 13.2 Å². The molecule has 5 heterocycles. The molecule has 4 fully saturated rings. The summed E-state index contributed by atoms with van der Waals surface area (Å²) in [5.41, 5.74) is 0. The Hall–Kier alpha value is -0.620. The van der Waals surface area contributed by atoms with Gasteiger partial charge in [0.15, 0.2) is 29.9 Å². The van der Waals surface area contributed by atoms with Gasteiger partial charge in [-0.25, -0.2) is 0 Å². The van der Waals surface area contributed by atoms with Gasteiger partial charge in [0.1, 0.15) is 36.6 Å². The van der Waals surface area contributed by atoms with Gasteiger partial charge in [0.2, 0.25) is 0 Å². The van der Waals surface area contributed by atoms with Crippen molar-refractivity contribution < 1.29 is 42.6 Å². The highest BCUT2D eigenvalue weighted by Crippen LogP contribution is 2.43. The second-order valence-corrected chi connectivity index (χ2v) is 9.76. The summed E-state index contributed by atoms with van der Waals surface area (Å²) in [4.78, 5) is 0. The molecule has 0 N–H and O–H groups in total. The van der Waals surface area contributed by atoms with Crippen LogP contribution in [0.2, 0.25) is 0 Å². The molecule has 9 nitrogen and oxygen atoms in total. The molecule has 0 radical (unpaired) electrons. The summed E-state index contributed by atoms with van der Waals surface area (Å²) in [6.45, 7) is 12.1. The molecule has 5 aliphatic rings. The fourth-order valence-corrected chi connectivity index (χ4v) is 4.58. The van der Waals surface area contributed by atoms with Gasteiger partial charge < -0.3 is 42.6 Å². The van der Waals surface area contributed by atoms with Gasteiger partial charge in [-0.2, -0.15) is 0 Å². The van der Waals surface area contributed by atoms with E-state index in [9.17, 15) is 0 Å². The molecule has 0 unspecified atom stereocenters. The lowest BCUT2D eigenvalue weighted by Gasteiger charge is -2.43. The maximum atomic E-state index is 6.37. The summed E-state index contributed by atoms with van der Waals surface area (Å²) in [7, 11) is 0. The predicted molar refractivity (Wildman–Crippen MR) is 101 cm³/mol. The van der Waals surface area contributed by atoms with Crippen molar-refractivity contribution in [1.29, 1.82) is 0 Å². The summed E-state index contributed by atoms with van der Waals surface area (Å²) in [6.07, 6.45) is 0.739. The Balaban J connectivity index is 1.31. The SMILES string of the molecule is CC1(C)O[C@H]2O[C@H]([C@H]3COC(C)(C)O3)[C@H](O[C@@H]3C=C[C@@H]4OC(C)(C)OC[C@H]4O3)[C@H]2O1. The third-order valence-electron chi connectivity index (χ3n) is 5.86. The molecule has 30 heavy (non-hydrogen) atoms. The third kappa shape index (κ3) is 4.07. The van der Waals surface area contributed by atoms with E-state index >= 15 is 0 Å². The number of fused-ring (bicyclic) bond motifs is 2. The lowest BCUT2D eigenvalue weighted by Crippen LogP contribution is -2.53. The molecule has 0 aliphatic carbocycles. The van der Waals surface area contributed by atoms with Crippen LogP contribution in [-0.2, 0) is 42.6 Å². The molecule has 0 aromatic heterocycles. The summed E-state index contributed by atoms with van der Waals surface area (Å²) < 4.78 is 54.1. The summed E-state index contributed by atoms with van der Waals surface area (Å²) in [5.74, 6) is -2.05. The van der Waals surface area contributed by atoms with E-state index in [0.29, 0.717) is 13.2 Å². The number of hydrogen-bond donors (Lipinski definition) is 0. The van der Waals surface area contributed by atoms with Gasteiger partial charge in [0, 0.05) is 0 Å². The van der Waals surface area contributed by atoms with Crippen LogP contribution in [0.25, 0.3) is 0 Å². The quantitative estimate of drug-likeness (QED) is 0.625. The van der Waals surface area contributed by atoms with Gasteiger partial charge in [0.25, 0.3) is 0 Å². The Morgan fingerprint density at radius 1 is 0.700 bits per heavy atom. The molecule has 170 valence electrons. The molecule has 8 atom stereocenters. The van der Waals surface area contributed by atoms with E-state index in [-0.39, 0.29) is 18.3 Å². The highest BCUT2D eigenvalue weighted by Gasteiger charge is 2.59. The van der Waals surface area contributed by atoms with E-state index in [0.717, 1.165) is 0 Å². The van der Waals surface area contributed by atoms with Crippen LogP contribution in [0.4, 0.5) is 0 Å². The summed E-state index contributed by atoms with van der Waals surface area (Å²) in [6, 6.07) is 0.